The van der Waals surface area contributed by atoms with Crippen molar-refractivity contribution in [3.05, 3.63) is 23.4 Å². The van der Waals surface area contributed by atoms with Crippen molar-refractivity contribution in [2.75, 3.05) is 31.5 Å². The smallest absolute Gasteiger partial charge is 0.320 e. The fourth-order valence-corrected chi connectivity index (χ4v) is 3.84. The predicted octanol–water partition coefficient (Wildman–Crippen LogP) is 1.67. The van der Waals surface area contributed by atoms with Gasteiger partial charge in [-0.05, 0) is 70.2 Å². The maximum absolute atomic E-state index is 12.3. The van der Waals surface area contributed by atoms with Gasteiger partial charge in [-0.3, -0.25) is 14.5 Å². The van der Waals surface area contributed by atoms with Gasteiger partial charge in [0.25, 0.3) is 0 Å². The molecule has 0 aliphatic carbocycles. The molecule has 7 heteroatoms. The summed E-state index contributed by atoms with van der Waals surface area (Å²) in [5.74, 6) is 0.306. The molecule has 27 heavy (non-hydrogen) atoms. The van der Waals surface area contributed by atoms with Crippen LogP contribution in [0.15, 0.2) is 12.1 Å². The highest BCUT2D eigenvalue weighted by Gasteiger charge is 2.29. The summed E-state index contributed by atoms with van der Waals surface area (Å²) in [6.45, 7) is 4.67. The van der Waals surface area contributed by atoms with E-state index in [0.717, 1.165) is 56.6 Å². The average molecular weight is 374 g/mol. The summed E-state index contributed by atoms with van der Waals surface area (Å²) in [6.07, 6.45) is 5.42. The Bertz CT molecular complexity index is 671. The van der Waals surface area contributed by atoms with Crippen LogP contribution in [0.1, 0.15) is 43.9 Å². The van der Waals surface area contributed by atoms with Gasteiger partial charge in [-0.15, -0.1) is 0 Å². The van der Waals surface area contributed by atoms with Gasteiger partial charge in [-0.25, -0.2) is 4.98 Å². The van der Waals surface area contributed by atoms with Crippen LogP contribution in [0.25, 0.3) is 0 Å². The van der Waals surface area contributed by atoms with Crippen LogP contribution in [0.4, 0.5) is 5.82 Å². The second kappa shape index (κ2) is 9.17. The fourth-order valence-electron chi connectivity index (χ4n) is 3.84. The van der Waals surface area contributed by atoms with E-state index in [1.807, 2.05) is 4.90 Å². The Hall–Kier alpha value is -2.15. The first-order valence-corrected chi connectivity index (χ1v) is 10.0. The van der Waals surface area contributed by atoms with Crippen LogP contribution in [0.3, 0.4) is 0 Å². The first-order chi connectivity index (χ1) is 13.0. The second-order valence-corrected chi connectivity index (χ2v) is 7.56. The third-order valence-corrected chi connectivity index (χ3v) is 5.67. The number of rotatable bonds is 7. The molecule has 3 rings (SSSR count). The zero-order valence-corrected chi connectivity index (χ0v) is 16.0. The number of carboxylic acid groups (broad SMARTS) is 1. The summed E-state index contributed by atoms with van der Waals surface area (Å²) in [4.78, 5) is 30.0. The molecule has 1 aromatic rings. The molecular formula is C20H30N4O3. The number of carbonyl (C=O) groups excluding carboxylic acids is 1. The molecule has 0 radical (unpaired) electrons. The van der Waals surface area contributed by atoms with E-state index in [4.69, 9.17) is 5.11 Å². The summed E-state index contributed by atoms with van der Waals surface area (Å²) in [5, 5.41) is 15.5. The minimum absolute atomic E-state index is 0.00619. The number of carbonyl (C=O) groups is 2. The van der Waals surface area contributed by atoms with Crippen molar-refractivity contribution in [1.29, 1.82) is 0 Å². The lowest BCUT2D eigenvalue weighted by Gasteiger charge is -2.33. The van der Waals surface area contributed by atoms with E-state index in [2.05, 4.69) is 27.8 Å². The number of hydrogen-bond acceptors (Lipinski definition) is 5. The summed E-state index contributed by atoms with van der Waals surface area (Å²) < 4.78 is 0. The summed E-state index contributed by atoms with van der Waals surface area (Å²) in [6, 6.07) is 3.77. The number of nitrogens with one attached hydrogen (secondary N) is 2. The SMILES string of the molecule is C[C@H](C(=O)O)N1CCC(C(=O)NCCCc2ccc3c(n2)NCCC3)CC1. The van der Waals surface area contributed by atoms with Gasteiger partial charge in [0.2, 0.25) is 5.91 Å². The van der Waals surface area contributed by atoms with Gasteiger partial charge < -0.3 is 15.7 Å². The average Bonchev–Trinajstić information content (AvgIpc) is 2.70. The van der Waals surface area contributed by atoms with E-state index in [1.54, 1.807) is 6.92 Å². The van der Waals surface area contributed by atoms with Crippen LogP contribution >= 0.6 is 0 Å². The monoisotopic (exact) mass is 374 g/mol. The lowest BCUT2D eigenvalue weighted by atomic mass is 9.95. The number of nitrogens with zero attached hydrogens (tertiary/aromatic N) is 2. The van der Waals surface area contributed by atoms with Crippen LogP contribution in [0, 0.1) is 5.92 Å². The van der Waals surface area contributed by atoms with Gasteiger partial charge >= 0.3 is 5.97 Å². The van der Waals surface area contributed by atoms with Gasteiger partial charge in [0.05, 0.1) is 0 Å². The topological polar surface area (TPSA) is 94.6 Å². The van der Waals surface area contributed by atoms with Gasteiger partial charge in [-0.1, -0.05) is 6.07 Å². The second-order valence-electron chi connectivity index (χ2n) is 7.56. The molecule has 7 nitrogen and oxygen atoms in total. The molecule has 0 unspecified atom stereocenters. The Morgan fingerprint density at radius 1 is 1.37 bits per heavy atom. The molecule has 0 bridgehead atoms. The molecule has 0 aromatic carbocycles. The van der Waals surface area contributed by atoms with Gasteiger partial charge in [0, 0.05) is 24.7 Å². The number of hydrogen-bond donors (Lipinski definition) is 3. The number of carboxylic acids is 1. The molecule has 1 amide bonds. The largest absolute Gasteiger partial charge is 0.480 e. The molecule has 3 heterocycles. The Morgan fingerprint density at radius 2 is 2.15 bits per heavy atom. The number of aliphatic carboxylic acids is 1. The molecule has 0 spiro atoms. The molecule has 1 atom stereocenters. The van der Waals surface area contributed by atoms with Crippen molar-refractivity contribution in [3.63, 3.8) is 0 Å². The van der Waals surface area contributed by atoms with E-state index < -0.39 is 12.0 Å². The number of amides is 1. The van der Waals surface area contributed by atoms with Crippen molar-refractivity contribution >= 4 is 17.7 Å². The Balaban J connectivity index is 1.36. The van der Waals surface area contributed by atoms with Gasteiger partial charge in [-0.2, -0.15) is 0 Å². The molecule has 0 saturated carbocycles. The van der Waals surface area contributed by atoms with Crippen LogP contribution in [-0.4, -0.2) is 59.1 Å². The van der Waals surface area contributed by atoms with Crippen LogP contribution < -0.4 is 10.6 Å². The number of aryl methyl sites for hydroxylation is 2. The summed E-state index contributed by atoms with van der Waals surface area (Å²) in [5.41, 5.74) is 2.36. The maximum Gasteiger partial charge on any atom is 0.320 e. The van der Waals surface area contributed by atoms with Crippen molar-refractivity contribution in [2.45, 2.75) is 51.5 Å². The van der Waals surface area contributed by atoms with Crippen LogP contribution in [-0.2, 0) is 22.4 Å². The zero-order valence-electron chi connectivity index (χ0n) is 16.0. The fraction of sp³-hybridized carbons (Fsp3) is 0.650. The lowest BCUT2D eigenvalue weighted by Crippen LogP contribution is -2.46. The zero-order chi connectivity index (χ0) is 19.2. The van der Waals surface area contributed by atoms with Crippen LogP contribution in [0.2, 0.25) is 0 Å². The van der Waals surface area contributed by atoms with Crippen molar-refractivity contribution < 1.29 is 14.7 Å². The molecule has 1 fully saturated rings. The quantitative estimate of drug-likeness (QED) is 0.629. The summed E-state index contributed by atoms with van der Waals surface area (Å²) in [7, 11) is 0. The number of piperidine rings is 1. The molecule has 3 N–H and O–H groups in total. The highest BCUT2D eigenvalue weighted by atomic mass is 16.4. The van der Waals surface area contributed by atoms with E-state index in [1.165, 1.54) is 5.56 Å². The molecule has 1 saturated heterocycles. The third-order valence-electron chi connectivity index (χ3n) is 5.67. The van der Waals surface area contributed by atoms with Gasteiger partial charge in [0.1, 0.15) is 11.9 Å². The maximum atomic E-state index is 12.3. The molecule has 2 aliphatic rings. The van der Waals surface area contributed by atoms with E-state index in [0.29, 0.717) is 19.6 Å². The van der Waals surface area contributed by atoms with Crippen molar-refractivity contribution in [1.82, 2.24) is 15.2 Å². The number of likely N-dealkylation sites (tertiary alicyclic amines) is 1. The molecular weight excluding hydrogens is 344 g/mol. The number of pyridine rings is 1. The third kappa shape index (κ3) is 5.19. The summed E-state index contributed by atoms with van der Waals surface area (Å²) >= 11 is 0. The van der Waals surface area contributed by atoms with Crippen LogP contribution in [0.5, 0.6) is 0 Å². The Morgan fingerprint density at radius 3 is 2.89 bits per heavy atom. The van der Waals surface area contributed by atoms with Crippen molar-refractivity contribution in [3.8, 4) is 0 Å². The molecule has 148 valence electrons. The van der Waals surface area contributed by atoms with Crippen molar-refractivity contribution in [2.24, 2.45) is 5.92 Å². The molecule has 2 aliphatic heterocycles. The number of aromatic nitrogens is 1. The van der Waals surface area contributed by atoms with E-state index >= 15 is 0 Å². The first kappa shape index (κ1) is 19.6. The normalized spacial score (nSPS) is 19.0. The molecule has 1 aromatic heterocycles. The minimum Gasteiger partial charge on any atom is -0.480 e. The number of fused-ring (bicyclic) bond motifs is 1. The van der Waals surface area contributed by atoms with Gasteiger partial charge in [0.15, 0.2) is 0 Å². The van der Waals surface area contributed by atoms with E-state index in [-0.39, 0.29) is 11.8 Å². The Kier molecular flexibility index (Phi) is 6.66. The Labute approximate surface area is 160 Å². The standard InChI is InChI=1S/C20H30N4O3/c1-14(20(26)27)24-12-8-16(9-13-24)19(25)22-11-3-5-17-7-6-15-4-2-10-21-18(15)23-17/h6-7,14,16H,2-5,8-13H2,1H3,(H,21,23)(H,22,25)(H,26,27)/t14-/m1/s1. The highest BCUT2D eigenvalue weighted by molar-refractivity contribution is 5.78. The highest BCUT2D eigenvalue weighted by Crippen LogP contribution is 2.21. The lowest BCUT2D eigenvalue weighted by molar-refractivity contribution is -0.143. The first-order valence-electron chi connectivity index (χ1n) is 10.0. The predicted molar refractivity (Wildman–Crippen MR) is 104 cm³/mol. The number of anilines is 1. The van der Waals surface area contributed by atoms with E-state index in [9.17, 15) is 9.59 Å². The minimum atomic E-state index is -0.802.